The first-order chi connectivity index (χ1) is 16.0. The van der Waals surface area contributed by atoms with Crippen molar-refractivity contribution < 1.29 is 25.4 Å². The zero-order valence-electron chi connectivity index (χ0n) is 18.2. The number of aliphatic hydroxyl groups excluding tert-OH is 1. The smallest absolute Gasteiger partial charge is 0.232 e. The Hall–Kier alpha value is -3.55. The van der Waals surface area contributed by atoms with Crippen molar-refractivity contribution in [2.75, 3.05) is 23.8 Å². The molecule has 1 heterocycles. The molecule has 0 bridgehead atoms. The standard InChI is InChI=1S/C21H25N7O5/c1-13-7-17(25-21-24-14(2)23-20(26-21)22-5-6-29)3-4-19(13)28-27-18-9-15(11-32-30)8-16(10-18)12-33-31/h3-4,7-10,29-31H,5-6,11-12H2,1-2H3,(H2,22,23,24,25,26). The summed E-state index contributed by atoms with van der Waals surface area (Å²) in [7, 11) is 0. The molecule has 0 amide bonds. The Labute approximate surface area is 189 Å². The molecule has 0 radical (unpaired) electrons. The van der Waals surface area contributed by atoms with Gasteiger partial charge in [0.2, 0.25) is 11.9 Å². The second kappa shape index (κ2) is 11.9. The first kappa shape index (κ1) is 24.1. The zero-order valence-corrected chi connectivity index (χ0v) is 18.2. The van der Waals surface area contributed by atoms with Crippen molar-refractivity contribution in [2.24, 2.45) is 10.2 Å². The van der Waals surface area contributed by atoms with Crippen LogP contribution in [0.1, 0.15) is 22.5 Å². The molecule has 0 saturated carbocycles. The van der Waals surface area contributed by atoms with Gasteiger partial charge in [-0.2, -0.15) is 25.2 Å². The van der Waals surface area contributed by atoms with Crippen molar-refractivity contribution in [1.82, 2.24) is 15.0 Å². The Kier molecular flexibility index (Phi) is 8.69. The number of nitrogens with zero attached hydrogens (tertiary/aromatic N) is 5. The van der Waals surface area contributed by atoms with Crippen molar-refractivity contribution in [1.29, 1.82) is 0 Å². The van der Waals surface area contributed by atoms with Gasteiger partial charge >= 0.3 is 0 Å². The van der Waals surface area contributed by atoms with Gasteiger partial charge in [0, 0.05) is 12.2 Å². The highest BCUT2D eigenvalue weighted by atomic mass is 17.1. The molecule has 0 aliphatic rings. The number of aryl methyl sites for hydroxylation is 2. The quantitative estimate of drug-likeness (QED) is 0.162. The van der Waals surface area contributed by atoms with Gasteiger partial charge in [-0.15, -0.1) is 0 Å². The van der Waals surface area contributed by atoms with Crippen LogP contribution >= 0.6 is 0 Å². The molecule has 3 rings (SSSR count). The van der Waals surface area contributed by atoms with Crippen LogP contribution in [-0.4, -0.2) is 43.7 Å². The molecule has 0 fully saturated rings. The molecule has 12 nitrogen and oxygen atoms in total. The Balaban J connectivity index is 1.76. The largest absolute Gasteiger partial charge is 0.395 e. The van der Waals surface area contributed by atoms with Crippen molar-refractivity contribution in [2.45, 2.75) is 27.1 Å². The summed E-state index contributed by atoms with van der Waals surface area (Å²) in [6.07, 6.45) is 0. The van der Waals surface area contributed by atoms with Crippen molar-refractivity contribution in [3.8, 4) is 0 Å². The van der Waals surface area contributed by atoms with Crippen LogP contribution < -0.4 is 10.6 Å². The fraction of sp³-hybridized carbons (Fsp3) is 0.286. The maximum atomic E-state index is 8.95. The molecule has 0 aliphatic heterocycles. The fourth-order valence-corrected chi connectivity index (χ4v) is 2.99. The molecule has 0 aliphatic carbocycles. The third-order valence-electron chi connectivity index (χ3n) is 4.37. The number of benzene rings is 2. The number of hydrogen-bond acceptors (Lipinski definition) is 12. The van der Waals surface area contributed by atoms with Gasteiger partial charge in [-0.1, -0.05) is 6.07 Å². The summed E-state index contributed by atoms with van der Waals surface area (Å²) in [6, 6.07) is 10.6. The third-order valence-corrected chi connectivity index (χ3v) is 4.37. The molecule has 2 aromatic carbocycles. The number of aromatic nitrogens is 3. The van der Waals surface area contributed by atoms with Crippen molar-refractivity contribution in [3.05, 3.63) is 58.9 Å². The van der Waals surface area contributed by atoms with Crippen LogP contribution in [0.3, 0.4) is 0 Å². The van der Waals surface area contributed by atoms with Gasteiger partial charge in [-0.05, 0) is 60.9 Å². The molecule has 0 unspecified atom stereocenters. The lowest BCUT2D eigenvalue weighted by Gasteiger charge is -2.09. The Morgan fingerprint density at radius 3 is 2.21 bits per heavy atom. The van der Waals surface area contributed by atoms with E-state index in [1.165, 1.54) is 0 Å². The summed E-state index contributed by atoms with van der Waals surface area (Å²) in [6.45, 7) is 3.90. The molecule has 3 aromatic rings. The lowest BCUT2D eigenvalue weighted by Crippen LogP contribution is -2.11. The first-order valence-electron chi connectivity index (χ1n) is 10.0. The summed E-state index contributed by atoms with van der Waals surface area (Å²) in [5.41, 5.74) is 4.09. The van der Waals surface area contributed by atoms with Crippen LogP contribution in [0.25, 0.3) is 0 Å². The van der Waals surface area contributed by atoms with Crippen LogP contribution in [0.2, 0.25) is 0 Å². The first-order valence-corrected chi connectivity index (χ1v) is 10.0. The molecule has 174 valence electrons. The summed E-state index contributed by atoms with van der Waals surface area (Å²) < 4.78 is 0. The van der Waals surface area contributed by atoms with Gasteiger partial charge in [0.25, 0.3) is 0 Å². The van der Waals surface area contributed by atoms with Crippen molar-refractivity contribution >= 4 is 29.0 Å². The van der Waals surface area contributed by atoms with E-state index in [4.69, 9.17) is 15.6 Å². The van der Waals surface area contributed by atoms with Crippen LogP contribution in [0.4, 0.5) is 29.0 Å². The van der Waals surface area contributed by atoms with Crippen molar-refractivity contribution in [3.63, 3.8) is 0 Å². The molecule has 1 aromatic heterocycles. The van der Waals surface area contributed by atoms with E-state index in [2.05, 4.69) is 45.6 Å². The lowest BCUT2D eigenvalue weighted by atomic mass is 10.1. The minimum absolute atomic E-state index is 0.0290. The number of aliphatic hydroxyl groups is 1. The number of hydrogen-bond donors (Lipinski definition) is 5. The minimum atomic E-state index is -0.0328. The zero-order chi connectivity index (χ0) is 23.6. The van der Waals surface area contributed by atoms with Gasteiger partial charge < -0.3 is 15.7 Å². The second-order valence-electron chi connectivity index (χ2n) is 7.06. The van der Waals surface area contributed by atoms with Gasteiger partial charge in [-0.25, -0.2) is 9.78 Å². The fourth-order valence-electron chi connectivity index (χ4n) is 2.99. The molecular weight excluding hydrogens is 430 g/mol. The summed E-state index contributed by atoms with van der Waals surface area (Å²) in [5.74, 6) is 1.29. The van der Waals surface area contributed by atoms with E-state index < -0.39 is 0 Å². The summed E-state index contributed by atoms with van der Waals surface area (Å²) in [5, 5.41) is 41.0. The second-order valence-corrected chi connectivity index (χ2v) is 7.06. The van der Waals surface area contributed by atoms with E-state index >= 15 is 0 Å². The molecule has 0 atom stereocenters. The highest BCUT2D eigenvalue weighted by Gasteiger charge is 2.07. The summed E-state index contributed by atoms with van der Waals surface area (Å²) in [4.78, 5) is 21.1. The van der Waals surface area contributed by atoms with E-state index in [0.29, 0.717) is 46.8 Å². The topological polar surface area (TPSA) is 167 Å². The molecular formula is C21H25N7O5. The Bertz CT molecular complexity index is 1090. The van der Waals surface area contributed by atoms with Gasteiger partial charge in [0.1, 0.15) is 19.0 Å². The Morgan fingerprint density at radius 1 is 0.879 bits per heavy atom. The Morgan fingerprint density at radius 2 is 1.58 bits per heavy atom. The van der Waals surface area contributed by atoms with E-state index in [9.17, 15) is 0 Å². The molecule has 5 N–H and O–H groups in total. The number of nitrogens with one attached hydrogen (secondary N) is 2. The summed E-state index contributed by atoms with van der Waals surface area (Å²) >= 11 is 0. The van der Waals surface area contributed by atoms with Crippen LogP contribution in [0.5, 0.6) is 0 Å². The predicted molar refractivity (Wildman–Crippen MR) is 120 cm³/mol. The maximum absolute atomic E-state index is 8.95. The molecule has 33 heavy (non-hydrogen) atoms. The highest BCUT2D eigenvalue weighted by Crippen LogP contribution is 2.27. The highest BCUT2D eigenvalue weighted by molar-refractivity contribution is 5.61. The average molecular weight is 455 g/mol. The normalized spacial score (nSPS) is 11.2. The molecule has 12 heteroatoms. The van der Waals surface area contributed by atoms with Crippen LogP contribution in [0.15, 0.2) is 46.6 Å². The lowest BCUT2D eigenvalue weighted by molar-refractivity contribution is -0.254. The molecule has 0 spiro atoms. The van der Waals surface area contributed by atoms with E-state index in [0.717, 1.165) is 11.3 Å². The van der Waals surface area contributed by atoms with E-state index in [-0.39, 0.29) is 19.8 Å². The SMILES string of the molecule is Cc1nc(NCCO)nc(Nc2ccc(N=Nc3cc(COO)cc(COO)c3)c(C)c2)n1. The van der Waals surface area contributed by atoms with Gasteiger partial charge in [0.15, 0.2) is 0 Å². The molecule has 0 saturated heterocycles. The number of rotatable bonds is 11. The monoisotopic (exact) mass is 455 g/mol. The van der Waals surface area contributed by atoms with Gasteiger partial charge in [0.05, 0.1) is 18.0 Å². The van der Waals surface area contributed by atoms with E-state index in [1.54, 1.807) is 31.2 Å². The van der Waals surface area contributed by atoms with Crippen LogP contribution in [0, 0.1) is 13.8 Å². The third kappa shape index (κ3) is 7.24. The number of anilines is 3. The average Bonchev–Trinajstić information content (AvgIpc) is 2.77. The number of azo groups is 1. The minimum Gasteiger partial charge on any atom is -0.395 e. The maximum Gasteiger partial charge on any atom is 0.232 e. The van der Waals surface area contributed by atoms with Crippen LogP contribution in [-0.2, 0) is 23.0 Å². The predicted octanol–water partition coefficient (Wildman–Crippen LogP) is 4.03. The van der Waals surface area contributed by atoms with E-state index in [1.807, 2.05) is 19.1 Å². The van der Waals surface area contributed by atoms with Gasteiger partial charge in [-0.3, -0.25) is 10.5 Å².